The summed E-state index contributed by atoms with van der Waals surface area (Å²) in [5, 5.41) is 0. The lowest BCUT2D eigenvalue weighted by Gasteiger charge is -2.32. The number of alkyl halides is 3. The van der Waals surface area contributed by atoms with E-state index in [2.05, 4.69) is 4.98 Å². The van der Waals surface area contributed by atoms with Crippen LogP contribution in [0.15, 0.2) is 24.3 Å². The molecule has 2 aromatic rings. The van der Waals surface area contributed by atoms with Crippen LogP contribution >= 0.6 is 0 Å². The first kappa shape index (κ1) is 28.5. The number of hydrogen-bond acceptors (Lipinski definition) is 5. The van der Waals surface area contributed by atoms with Gasteiger partial charge in [-0.25, -0.2) is 9.78 Å². The van der Waals surface area contributed by atoms with Gasteiger partial charge in [0.2, 0.25) is 0 Å². The third-order valence-corrected chi connectivity index (χ3v) is 7.36. The van der Waals surface area contributed by atoms with Gasteiger partial charge in [0.1, 0.15) is 11.4 Å². The van der Waals surface area contributed by atoms with E-state index in [1.165, 1.54) is 0 Å². The Morgan fingerprint density at radius 1 is 1.13 bits per heavy atom. The summed E-state index contributed by atoms with van der Waals surface area (Å²) in [6.45, 7) is 13.8. The monoisotopic (exact) mass is 535 g/mol. The van der Waals surface area contributed by atoms with Gasteiger partial charge in [0.25, 0.3) is 0 Å². The van der Waals surface area contributed by atoms with Crippen LogP contribution in [0.5, 0.6) is 0 Å². The molecule has 1 atom stereocenters. The van der Waals surface area contributed by atoms with Gasteiger partial charge >= 0.3 is 19.4 Å². The summed E-state index contributed by atoms with van der Waals surface area (Å²) in [5.74, 6) is 0.468. The summed E-state index contributed by atoms with van der Waals surface area (Å²) in [6.07, 6.45) is -4.59. The van der Waals surface area contributed by atoms with Crippen LogP contribution in [0.1, 0.15) is 85.3 Å². The highest BCUT2D eigenvalue weighted by Gasteiger charge is 2.51. The number of imidazole rings is 1. The summed E-state index contributed by atoms with van der Waals surface area (Å²) in [4.78, 5) is 22.3. The van der Waals surface area contributed by atoms with Crippen molar-refractivity contribution in [3.63, 3.8) is 0 Å². The highest BCUT2D eigenvalue weighted by atomic mass is 19.4. The Morgan fingerprint density at radius 3 is 2.29 bits per heavy atom. The number of likely N-dealkylation sites (tertiary alicyclic amines) is 1. The molecule has 208 valence electrons. The van der Waals surface area contributed by atoms with Crippen LogP contribution in [0.4, 0.5) is 18.0 Å². The van der Waals surface area contributed by atoms with Crippen LogP contribution in [0, 0.1) is 0 Å². The van der Waals surface area contributed by atoms with E-state index in [9.17, 15) is 18.0 Å². The Balaban J connectivity index is 1.62. The number of aromatic nitrogens is 2. The third-order valence-electron chi connectivity index (χ3n) is 7.36. The maximum absolute atomic E-state index is 13.1. The molecule has 4 rings (SSSR count). The van der Waals surface area contributed by atoms with Crippen molar-refractivity contribution in [2.45, 2.75) is 103 Å². The topological polar surface area (TPSA) is 76.7 Å². The first-order valence-electron chi connectivity index (χ1n) is 13.1. The summed E-state index contributed by atoms with van der Waals surface area (Å²) in [7, 11) is -0.547. The summed E-state index contributed by atoms with van der Waals surface area (Å²) < 4.78 is 57.2. The van der Waals surface area contributed by atoms with Gasteiger partial charge in [0, 0.05) is 24.2 Å². The van der Waals surface area contributed by atoms with E-state index >= 15 is 0 Å². The molecule has 1 N–H and O–H groups in total. The summed E-state index contributed by atoms with van der Waals surface area (Å²) >= 11 is 0. The Labute approximate surface area is 222 Å². The lowest BCUT2D eigenvalue weighted by atomic mass is 9.78. The van der Waals surface area contributed by atoms with Crippen molar-refractivity contribution in [1.29, 1.82) is 0 Å². The summed E-state index contributed by atoms with van der Waals surface area (Å²) in [5.41, 5.74) is 0.685. The second-order valence-corrected chi connectivity index (χ2v) is 12.1. The number of hydrogen-bond donors (Lipinski definition) is 1. The molecule has 11 heteroatoms. The van der Waals surface area contributed by atoms with E-state index in [0.717, 1.165) is 11.9 Å². The molecule has 2 fully saturated rings. The number of aromatic amines is 1. The number of H-pyrrole nitrogens is 1. The Hall–Kier alpha value is -2.53. The molecule has 0 aliphatic carbocycles. The number of carbonyl (C=O) groups is 1. The first-order valence-corrected chi connectivity index (χ1v) is 13.1. The van der Waals surface area contributed by atoms with Gasteiger partial charge in [-0.15, -0.1) is 0 Å². The number of nitrogens with one attached hydrogen (secondary N) is 1. The van der Waals surface area contributed by atoms with Crippen molar-refractivity contribution in [2.24, 2.45) is 0 Å². The minimum Gasteiger partial charge on any atom is -0.444 e. The average Bonchev–Trinajstić information content (AvgIpc) is 3.47. The Bertz CT molecular complexity index is 1140. The minimum absolute atomic E-state index is 0.246. The largest absolute Gasteiger partial charge is 0.494 e. The maximum atomic E-state index is 13.1. The normalized spacial score (nSPS) is 21.3. The number of nitrogens with zero attached hydrogens (tertiary/aromatic N) is 2. The van der Waals surface area contributed by atoms with E-state index in [1.807, 2.05) is 52.0 Å². The molecule has 1 amide bonds. The molecule has 1 aromatic carbocycles. The molecule has 2 aliphatic rings. The van der Waals surface area contributed by atoms with Gasteiger partial charge in [0.05, 0.1) is 22.9 Å². The van der Waals surface area contributed by atoms with Gasteiger partial charge in [-0.05, 0) is 73.2 Å². The summed E-state index contributed by atoms with van der Waals surface area (Å²) in [6, 6.07) is 6.94. The van der Waals surface area contributed by atoms with E-state index < -0.39 is 48.7 Å². The van der Waals surface area contributed by atoms with Gasteiger partial charge in [-0.2, -0.15) is 13.2 Å². The fourth-order valence-electron chi connectivity index (χ4n) is 4.64. The van der Waals surface area contributed by atoms with Crippen LogP contribution < -0.4 is 5.46 Å². The van der Waals surface area contributed by atoms with Crippen LogP contribution in [-0.4, -0.2) is 57.6 Å². The number of aryl methyl sites for hydroxylation is 1. The SMILES string of the molecule is CC(C)(C)OC(=O)N1CCC[C@H]1c1nc(-c2ccc(B3OC(C)(C)C(C)(C)O3)cc2)c(CCC(F)(F)F)[nH]1. The first-order chi connectivity index (χ1) is 17.5. The van der Waals surface area contributed by atoms with E-state index in [4.69, 9.17) is 19.0 Å². The quantitative estimate of drug-likeness (QED) is 0.480. The van der Waals surface area contributed by atoms with Gasteiger partial charge in [0.15, 0.2) is 0 Å². The number of halogens is 3. The van der Waals surface area contributed by atoms with Crippen LogP contribution in [-0.2, 0) is 20.5 Å². The molecule has 7 nitrogen and oxygen atoms in total. The second-order valence-electron chi connectivity index (χ2n) is 12.1. The zero-order valence-electron chi connectivity index (χ0n) is 23.2. The predicted octanol–water partition coefficient (Wildman–Crippen LogP) is 5.94. The van der Waals surface area contributed by atoms with E-state index in [-0.39, 0.29) is 6.42 Å². The molecular formula is C27H37BF3N3O4. The second kappa shape index (κ2) is 9.90. The fraction of sp³-hybridized carbons (Fsp3) is 0.630. The molecule has 0 spiro atoms. The van der Waals surface area contributed by atoms with Gasteiger partial charge < -0.3 is 19.0 Å². The van der Waals surface area contributed by atoms with Crippen molar-refractivity contribution in [3.8, 4) is 11.3 Å². The lowest BCUT2D eigenvalue weighted by molar-refractivity contribution is -0.134. The Morgan fingerprint density at radius 2 is 1.74 bits per heavy atom. The van der Waals surface area contributed by atoms with E-state index in [0.29, 0.717) is 35.7 Å². The lowest BCUT2D eigenvalue weighted by Crippen LogP contribution is -2.41. The molecule has 0 saturated carbocycles. The molecule has 2 saturated heterocycles. The average molecular weight is 535 g/mol. The number of ether oxygens (including phenoxy) is 1. The van der Waals surface area contributed by atoms with Crippen LogP contribution in [0.2, 0.25) is 0 Å². The molecule has 0 bridgehead atoms. The predicted molar refractivity (Wildman–Crippen MR) is 139 cm³/mol. The van der Waals surface area contributed by atoms with Gasteiger partial charge in [-0.3, -0.25) is 4.90 Å². The van der Waals surface area contributed by atoms with Crippen molar-refractivity contribution < 1.29 is 32.0 Å². The van der Waals surface area contributed by atoms with Crippen molar-refractivity contribution in [2.75, 3.05) is 6.54 Å². The molecule has 2 aliphatic heterocycles. The number of amides is 1. The highest BCUT2D eigenvalue weighted by molar-refractivity contribution is 6.62. The standard InChI is InChI=1S/C27H37BF3N3O4/c1-24(2,3)36-23(35)34-16-8-9-20(34)22-32-19(14-15-27(29,30)31)21(33-22)17-10-12-18(13-11-17)28-37-25(4,5)26(6,7)38-28/h10-13,20H,8-9,14-16H2,1-7H3,(H,32,33)/t20-/m0/s1. The molecule has 1 aromatic heterocycles. The fourth-order valence-corrected chi connectivity index (χ4v) is 4.64. The number of benzene rings is 1. The molecule has 3 heterocycles. The van der Waals surface area contributed by atoms with Crippen molar-refractivity contribution in [3.05, 3.63) is 35.8 Å². The highest BCUT2D eigenvalue weighted by Crippen LogP contribution is 2.37. The van der Waals surface area contributed by atoms with E-state index in [1.54, 1.807) is 25.7 Å². The van der Waals surface area contributed by atoms with Crippen molar-refractivity contribution >= 4 is 18.7 Å². The van der Waals surface area contributed by atoms with Crippen molar-refractivity contribution in [1.82, 2.24) is 14.9 Å². The number of carbonyl (C=O) groups excluding carboxylic acids is 1. The van der Waals surface area contributed by atoms with Gasteiger partial charge in [-0.1, -0.05) is 24.3 Å². The third kappa shape index (κ3) is 6.20. The zero-order valence-corrected chi connectivity index (χ0v) is 23.2. The minimum atomic E-state index is -4.31. The molecular weight excluding hydrogens is 498 g/mol. The van der Waals surface area contributed by atoms with Crippen LogP contribution in [0.25, 0.3) is 11.3 Å². The smallest absolute Gasteiger partial charge is 0.444 e. The molecule has 0 radical (unpaired) electrons. The maximum Gasteiger partial charge on any atom is 0.494 e. The zero-order chi connectivity index (χ0) is 28.1. The number of rotatable bonds is 5. The molecule has 0 unspecified atom stereocenters. The Kier molecular flexibility index (Phi) is 7.42. The molecule has 38 heavy (non-hydrogen) atoms. The van der Waals surface area contributed by atoms with Crippen LogP contribution in [0.3, 0.4) is 0 Å².